The number of halogens is 3. The van der Waals surface area contributed by atoms with Crippen LogP contribution in [0, 0.1) is 0 Å². The average molecular weight is 299 g/mol. The third-order valence-corrected chi connectivity index (χ3v) is 2.98. The van der Waals surface area contributed by atoms with Crippen LogP contribution < -0.4 is 5.32 Å². The van der Waals surface area contributed by atoms with Crippen LogP contribution in [0.25, 0.3) is 0 Å². The van der Waals surface area contributed by atoms with Gasteiger partial charge in [-0.1, -0.05) is 0 Å². The van der Waals surface area contributed by atoms with E-state index in [-0.39, 0.29) is 25.7 Å². The summed E-state index contributed by atoms with van der Waals surface area (Å²) in [5, 5.41) is 2.87. The minimum atomic E-state index is -4.16. The van der Waals surface area contributed by atoms with Gasteiger partial charge in [0.15, 0.2) is 0 Å². The molecule has 2 atom stereocenters. The highest BCUT2D eigenvalue weighted by Gasteiger charge is 2.35. The molecule has 0 saturated heterocycles. The van der Waals surface area contributed by atoms with Crippen molar-refractivity contribution < 1.29 is 27.4 Å². The molecule has 0 aliphatic rings. The molecule has 0 aromatic carbocycles. The highest BCUT2D eigenvalue weighted by atomic mass is 19.4. The zero-order valence-electron chi connectivity index (χ0n) is 12.5. The summed E-state index contributed by atoms with van der Waals surface area (Å²) in [4.78, 5) is 11.8. The Kier molecular flexibility index (Phi) is 8.12. The van der Waals surface area contributed by atoms with Crippen molar-refractivity contribution in [1.82, 2.24) is 5.32 Å². The van der Waals surface area contributed by atoms with Gasteiger partial charge in [0.25, 0.3) is 0 Å². The van der Waals surface area contributed by atoms with Crippen LogP contribution in [0.15, 0.2) is 0 Å². The maximum absolute atomic E-state index is 12.0. The van der Waals surface area contributed by atoms with Crippen molar-refractivity contribution in [3.8, 4) is 0 Å². The molecule has 0 rings (SSSR count). The van der Waals surface area contributed by atoms with E-state index in [1.807, 2.05) is 0 Å². The maximum atomic E-state index is 12.0. The van der Waals surface area contributed by atoms with Gasteiger partial charge in [-0.05, 0) is 34.2 Å². The van der Waals surface area contributed by atoms with Gasteiger partial charge in [-0.3, -0.25) is 4.79 Å². The number of nitrogens with one attached hydrogen (secondary N) is 1. The van der Waals surface area contributed by atoms with Crippen LogP contribution in [0.3, 0.4) is 0 Å². The number of carbonyl (C=O) groups excluding carboxylic acids is 1. The SMILES string of the molecule is CCOC(=O)C(C)(CC(C)OCCCC(F)(F)F)NC. The minimum absolute atomic E-state index is 0.0172. The average Bonchev–Trinajstić information content (AvgIpc) is 2.33. The minimum Gasteiger partial charge on any atom is -0.465 e. The topological polar surface area (TPSA) is 47.6 Å². The van der Waals surface area contributed by atoms with E-state index in [0.717, 1.165) is 0 Å². The summed E-state index contributed by atoms with van der Waals surface area (Å²) in [6.07, 6.45) is -5.11. The molecule has 0 heterocycles. The number of esters is 1. The van der Waals surface area contributed by atoms with Gasteiger partial charge < -0.3 is 14.8 Å². The monoisotopic (exact) mass is 299 g/mol. The van der Waals surface area contributed by atoms with Crippen molar-refractivity contribution in [2.24, 2.45) is 0 Å². The van der Waals surface area contributed by atoms with Gasteiger partial charge in [-0.2, -0.15) is 13.2 Å². The first kappa shape index (κ1) is 19.2. The normalized spacial score (nSPS) is 16.6. The summed E-state index contributed by atoms with van der Waals surface area (Å²) in [6.45, 7) is 5.41. The van der Waals surface area contributed by atoms with E-state index in [1.165, 1.54) is 0 Å². The molecule has 7 heteroatoms. The summed E-state index contributed by atoms with van der Waals surface area (Å²) in [6, 6.07) is 0. The van der Waals surface area contributed by atoms with Gasteiger partial charge in [0.05, 0.1) is 12.7 Å². The summed E-state index contributed by atoms with van der Waals surface area (Å²) >= 11 is 0. The van der Waals surface area contributed by atoms with E-state index in [2.05, 4.69) is 5.32 Å². The van der Waals surface area contributed by atoms with Crippen LogP contribution in [0.4, 0.5) is 13.2 Å². The van der Waals surface area contributed by atoms with E-state index in [9.17, 15) is 18.0 Å². The fourth-order valence-electron chi connectivity index (χ4n) is 1.77. The number of hydrogen-bond acceptors (Lipinski definition) is 4. The van der Waals surface area contributed by atoms with Crippen LogP contribution >= 0.6 is 0 Å². The number of rotatable bonds is 9. The molecule has 2 unspecified atom stereocenters. The van der Waals surface area contributed by atoms with E-state index in [0.29, 0.717) is 6.42 Å². The molecule has 0 aliphatic heterocycles. The van der Waals surface area contributed by atoms with Crippen LogP contribution in [0.1, 0.15) is 40.0 Å². The van der Waals surface area contributed by atoms with E-state index >= 15 is 0 Å². The Morgan fingerprint density at radius 3 is 2.40 bits per heavy atom. The molecule has 0 aromatic heterocycles. The molecule has 0 aliphatic carbocycles. The molecule has 0 fully saturated rings. The van der Waals surface area contributed by atoms with E-state index in [4.69, 9.17) is 9.47 Å². The summed E-state index contributed by atoms with van der Waals surface area (Å²) in [5.74, 6) is -0.395. The number of carbonyl (C=O) groups is 1. The predicted molar refractivity (Wildman–Crippen MR) is 69.4 cm³/mol. The van der Waals surface area contributed by atoms with Crippen molar-refractivity contribution in [2.75, 3.05) is 20.3 Å². The van der Waals surface area contributed by atoms with Gasteiger partial charge >= 0.3 is 12.1 Å². The van der Waals surface area contributed by atoms with Crippen LogP contribution in [-0.4, -0.2) is 44.0 Å². The summed E-state index contributed by atoms with van der Waals surface area (Å²) in [7, 11) is 1.63. The molecule has 0 aromatic rings. The van der Waals surface area contributed by atoms with Crippen LogP contribution in [0.2, 0.25) is 0 Å². The van der Waals surface area contributed by atoms with Gasteiger partial charge in [0.1, 0.15) is 5.54 Å². The van der Waals surface area contributed by atoms with Gasteiger partial charge in [0, 0.05) is 19.4 Å². The Morgan fingerprint density at radius 2 is 1.95 bits per heavy atom. The fraction of sp³-hybridized carbons (Fsp3) is 0.923. The first-order valence-electron chi connectivity index (χ1n) is 6.69. The number of likely N-dealkylation sites (N-methyl/N-ethyl adjacent to an activating group) is 1. The number of ether oxygens (including phenoxy) is 2. The summed E-state index contributed by atoms with van der Waals surface area (Å²) in [5.41, 5.74) is -0.903. The number of hydrogen-bond donors (Lipinski definition) is 1. The zero-order chi connectivity index (χ0) is 15.8. The third kappa shape index (κ3) is 7.69. The second-order valence-electron chi connectivity index (χ2n) is 4.91. The standard InChI is InChI=1S/C13H24F3NO3/c1-5-19-11(18)12(3,17-4)9-10(2)20-8-6-7-13(14,15)16/h10,17H,5-9H2,1-4H3. The van der Waals surface area contributed by atoms with E-state index in [1.54, 1.807) is 27.8 Å². The van der Waals surface area contributed by atoms with Crippen molar-refractivity contribution >= 4 is 5.97 Å². The van der Waals surface area contributed by atoms with Gasteiger partial charge in [-0.15, -0.1) is 0 Å². The highest BCUT2D eigenvalue weighted by molar-refractivity contribution is 5.80. The maximum Gasteiger partial charge on any atom is 0.389 e. The third-order valence-electron chi connectivity index (χ3n) is 2.98. The smallest absolute Gasteiger partial charge is 0.389 e. The van der Waals surface area contributed by atoms with Crippen LogP contribution in [-0.2, 0) is 14.3 Å². The molecular formula is C13H24F3NO3. The van der Waals surface area contributed by atoms with Gasteiger partial charge in [-0.25, -0.2) is 0 Å². The number of alkyl halides is 3. The van der Waals surface area contributed by atoms with Crippen molar-refractivity contribution in [3.63, 3.8) is 0 Å². The second-order valence-corrected chi connectivity index (χ2v) is 4.91. The Bertz CT molecular complexity index is 297. The zero-order valence-corrected chi connectivity index (χ0v) is 12.5. The largest absolute Gasteiger partial charge is 0.465 e. The first-order chi connectivity index (χ1) is 9.14. The molecule has 0 spiro atoms. The molecular weight excluding hydrogens is 275 g/mol. The molecule has 1 N–H and O–H groups in total. The molecule has 20 heavy (non-hydrogen) atoms. The van der Waals surface area contributed by atoms with Crippen molar-refractivity contribution in [2.45, 2.75) is 57.9 Å². The Labute approximate surface area is 118 Å². The molecule has 0 saturated carbocycles. The molecule has 0 amide bonds. The Hall–Kier alpha value is -0.820. The first-order valence-corrected chi connectivity index (χ1v) is 6.69. The van der Waals surface area contributed by atoms with Crippen LogP contribution in [0.5, 0.6) is 0 Å². The lowest BCUT2D eigenvalue weighted by Crippen LogP contribution is -2.50. The predicted octanol–water partition coefficient (Wildman–Crippen LogP) is 2.67. The Morgan fingerprint density at radius 1 is 1.35 bits per heavy atom. The summed E-state index contributed by atoms with van der Waals surface area (Å²) < 4.78 is 46.2. The quantitative estimate of drug-likeness (QED) is 0.525. The molecule has 4 nitrogen and oxygen atoms in total. The molecule has 0 radical (unpaired) electrons. The lowest BCUT2D eigenvalue weighted by atomic mass is 9.95. The molecule has 0 bridgehead atoms. The van der Waals surface area contributed by atoms with Crippen molar-refractivity contribution in [3.05, 3.63) is 0 Å². The fourth-order valence-corrected chi connectivity index (χ4v) is 1.77. The lowest BCUT2D eigenvalue weighted by molar-refractivity contribution is -0.152. The second kappa shape index (κ2) is 8.46. The van der Waals surface area contributed by atoms with Gasteiger partial charge in [0.2, 0.25) is 0 Å². The van der Waals surface area contributed by atoms with E-state index < -0.39 is 24.1 Å². The molecule has 120 valence electrons. The van der Waals surface area contributed by atoms with Crippen molar-refractivity contribution in [1.29, 1.82) is 0 Å². The highest BCUT2D eigenvalue weighted by Crippen LogP contribution is 2.22. The Balaban J connectivity index is 4.15. The lowest BCUT2D eigenvalue weighted by Gasteiger charge is -2.29.